The van der Waals surface area contributed by atoms with Gasteiger partial charge < -0.3 is 33.8 Å². The number of rotatable bonds is 76. The maximum absolute atomic E-state index is 13.1. The number of aliphatic hydroxyl groups excluding tert-OH is 1. The highest BCUT2D eigenvalue weighted by Gasteiger charge is 2.30. The van der Waals surface area contributed by atoms with Crippen LogP contribution in [-0.4, -0.2) is 96.7 Å². The van der Waals surface area contributed by atoms with Crippen molar-refractivity contribution in [3.05, 3.63) is 0 Å². The summed E-state index contributed by atoms with van der Waals surface area (Å²) in [6.45, 7) is 7.31. The molecule has 0 bridgehead atoms. The van der Waals surface area contributed by atoms with Crippen LogP contribution in [0, 0.1) is 5.92 Å². The fourth-order valence-corrected chi connectivity index (χ4v) is 13.3. The van der Waals surface area contributed by atoms with Crippen LogP contribution < -0.4 is 0 Å². The minimum absolute atomic E-state index is 0.107. The molecule has 0 radical (unpaired) electrons. The zero-order valence-electron chi connectivity index (χ0n) is 61.8. The molecule has 0 aliphatic carbocycles. The highest BCUT2D eigenvalue weighted by molar-refractivity contribution is 7.47. The lowest BCUT2D eigenvalue weighted by Crippen LogP contribution is -2.30. The quantitative estimate of drug-likeness (QED) is 0.0222. The molecule has 0 aromatic carbocycles. The van der Waals surface area contributed by atoms with Crippen LogP contribution in [0.3, 0.4) is 0 Å². The predicted molar refractivity (Wildman–Crippen MR) is 386 cm³/mol. The lowest BCUT2D eigenvalue weighted by molar-refractivity contribution is -0.161. The summed E-state index contributed by atoms with van der Waals surface area (Å²) in [5, 5.41) is 10.6. The summed E-state index contributed by atoms with van der Waals surface area (Å²) < 4.78 is 68.4. The van der Waals surface area contributed by atoms with E-state index < -0.39 is 97.5 Å². The van der Waals surface area contributed by atoms with Crippen LogP contribution in [0.5, 0.6) is 0 Å². The van der Waals surface area contributed by atoms with Gasteiger partial charge in [0.25, 0.3) is 0 Å². The predicted octanol–water partition coefficient (Wildman–Crippen LogP) is 22.5. The van der Waals surface area contributed by atoms with E-state index in [1.165, 1.54) is 212 Å². The molecule has 564 valence electrons. The van der Waals surface area contributed by atoms with Gasteiger partial charge in [-0.3, -0.25) is 37.3 Å². The van der Waals surface area contributed by atoms with Crippen molar-refractivity contribution in [2.24, 2.45) is 5.92 Å². The number of phosphoric ester groups is 2. The van der Waals surface area contributed by atoms with Crippen LogP contribution in [0.15, 0.2) is 0 Å². The van der Waals surface area contributed by atoms with E-state index in [4.69, 9.17) is 37.0 Å². The summed E-state index contributed by atoms with van der Waals surface area (Å²) in [4.78, 5) is 72.6. The Morgan fingerprint density at radius 2 is 0.505 bits per heavy atom. The van der Waals surface area contributed by atoms with Gasteiger partial charge in [-0.1, -0.05) is 349 Å². The average Bonchev–Trinajstić information content (AvgIpc) is 1.52. The molecule has 3 unspecified atom stereocenters. The third-order valence-electron chi connectivity index (χ3n) is 18.1. The molecule has 6 atom stereocenters. The summed E-state index contributed by atoms with van der Waals surface area (Å²) in [5.74, 6) is -1.25. The number of carbonyl (C=O) groups is 4. The van der Waals surface area contributed by atoms with Crippen molar-refractivity contribution < 1.29 is 80.2 Å². The van der Waals surface area contributed by atoms with Crippen molar-refractivity contribution >= 4 is 39.5 Å². The van der Waals surface area contributed by atoms with Crippen LogP contribution in [0.4, 0.5) is 0 Å². The molecule has 19 heteroatoms. The van der Waals surface area contributed by atoms with Gasteiger partial charge in [-0.05, 0) is 31.6 Å². The normalized spacial score (nSPS) is 14.2. The van der Waals surface area contributed by atoms with Crippen molar-refractivity contribution in [3.8, 4) is 0 Å². The molecule has 3 N–H and O–H groups in total. The summed E-state index contributed by atoms with van der Waals surface area (Å²) in [7, 11) is -9.90. The van der Waals surface area contributed by atoms with E-state index in [-0.39, 0.29) is 25.7 Å². The minimum atomic E-state index is -4.96. The molecule has 0 rings (SSSR count). The van der Waals surface area contributed by atoms with E-state index >= 15 is 0 Å². The number of aliphatic hydroxyl groups is 1. The lowest BCUT2D eigenvalue weighted by atomic mass is 9.99. The molecule has 17 nitrogen and oxygen atoms in total. The zero-order chi connectivity index (χ0) is 69.8. The highest BCUT2D eigenvalue weighted by atomic mass is 31.2. The van der Waals surface area contributed by atoms with Gasteiger partial charge in [-0.25, -0.2) is 9.13 Å². The first-order valence-corrected chi connectivity index (χ1v) is 42.7. The Morgan fingerprint density at radius 3 is 0.747 bits per heavy atom. The Kier molecular flexibility index (Phi) is 67.7. The van der Waals surface area contributed by atoms with Crippen LogP contribution in [0.25, 0.3) is 0 Å². The Labute approximate surface area is 581 Å². The van der Waals surface area contributed by atoms with Crippen molar-refractivity contribution in [1.82, 2.24) is 0 Å². The van der Waals surface area contributed by atoms with Gasteiger partial charge in [-0.2, -0.15) is 0 Å². The maximum atomic E-state index is 13.1. The van der Waals surface area contributed by atoms with Crippen LogP contribution in [0.2, 0.25) is 0 Å². The number of unbranched alkanes of at least 4 members (excludes halogenated alkanes) is 47. The van der Waals surface area contributed by atoms with E-state index in [0.29, 0.717) is 25.7 Å². The molecule has 0 spiro atoms. The van der Waals surface area contributed by atoms with Gasteiger partial charge in [0.05, 0.1) is 26.4 Å². The van der Waals surface area contributed by atoms with Gasteiger partial charge in [0, 0.05) is 25.7 Å². The molecule has 0 amide bonds. The zero-order valence-corrected chi connectivity index (χ0v) is 63.6. The van der Waals surface area contributed by atoms with Crippen molar-refractivity contribution in [2.75, 3.05) is 39.6 Å². The average molecular weight is 1400 g/mol. The second-order valence-corrected chi connectivity index (χ2v) is 30.5. The fourth-order valence-electron chi connectivity index (χ4n) is 11.7. The molecule has 95 heavy (non-hydrogen) atoms. The summed E-state index contributed by atoms with van der Waals surface area (Å²) >= 11 is 0. The summed E-state index contributed by atoms with van der Waals surface area (Å²) in [6, 6.07) is 0. The van der Waals surface area contributed by atoms with Crippen LogP contribution in [0.1, 0.15) is 401 Å². The Balaban J connectivity index is 5.15. The fraction of sp³-hybridized carbons (Fsp3) is 0.947. The number of hydrogen-bond acceptors (Lipinski definition) is 15. The van der Waals surface area contributed by atoms with Crippen molar-refractivity contribution in [2.45, 2.75) is 419 Å². The standard InChI is InChI=1S/C76H148O17P2/c1-6-10-13-16-19-21-23-24-29-33-37-40-45-50-55-60-74(79)87-66-72(93-76(81)62-57-52-47-42-38-34-31-28-26-25-27-30-32-36-39-44-48-53-58-69(5)9-4)68-91-95(84,85)89-64-70(77)63-88-94(82,83)90-67-71(65-86-73(78)59-54-49-43-18-15-12-8-3)92-75(80)61-56-51-46-41-35-22-20-17-14-11-7-2/h69-72,77H,6-68H2,1-5H3,(H,82,83)(H,84,85)/t69?,70-,71+,72+/m0/s1. The Bertz CT molecular complexity index is 1820. The third-order valence-corrected chi connectivity index (χ3v) is 20.0. The van der Waals surface area contributed by atoms with Gasteiger partial charge in [-0.15, -0.1) is 0 Å². The Hall–Kier alpha value is -1.94. The molecule has 0 aliphatic heterocycles. The maximum Gasteiger partial charge on any atom is 0.472 e. The molecule has 0 fully saturated rings. The minimum Gasteiger partial charge on any atom is -0.462 e. The topological polar surface area (TPSA) is 237 Å². The van der Waals surface area contributed by atoms with Crippen molar-refractivity contribution in [1.29, 1.82) is 0 Å². The van der Waals surface area contributed by atoms with Gasteiger partial charge >= 0.3 is 39.5 Å². The first kappa shape index (κ1) is 93.1. The SMILES string of the molecule is CCCCCCCCCCCCCCCCCC(=O)OC[C@H](COP(=O)(O)OC[C@@H](O)COP(=O)(O)OC[C@@H](COC(=O)CCCCCCCCC)OC(=O)CCCCCCCCCCCCC)OC(=O)CCCCCCCCCCCCCCCCCCCCC(C)CC. The second kappa shape index (κ2) is 69.2. The number of carbonyl (C=O) groups excluding carboxylic acids is 4. The van der Waals surface area contributed by atoms with E-state index in [1.54, 1.807) is 0 Å². The molecule has 0 aromatic rings. The molecule has 0 aromatic heterocycles. The van der Waals surface area contributed by atoms with E-state index in [9.17, 15) is 43.2 Å². The third kappa shape index (κ3) is 69.0. The van der Waals surface area contributed by atoms with Crippen molar-refractivity contribution in [3.63, 3.8) is 0 Å². The summed E-state index contributed by atoms with van der Waals surface area (Å²) in [6.07, 6.45) is 58.4. The van der Waals surface area contributed by atoms with Crippen LogP contribution in [-0.2, 0) is 65.4 Å². The molecule has 0 heterocycles. The molecule has 0 aliphatic rings. The number of hydrogen-bond donors (Lipinski definition) is 3. The Morgan fingerprint density at radius 1 is 0.295 bits per heavy atom. The first-order chi connectivity index (χ1) is 46.1. The number of esters is 4. The lowest BCUT2D eigenvalue weighted by Gasteiger charge is -2.21. The van der Waals surface area contributed by atoms with Crippen LogP contribution >= 0.6 is 15.6 Å². The molecular weight excluding hydrogens is 1250 g/mol. The highest BCUT2D eigenvalue weighted by Crippen LogP contribution is 2.45. The number of phosphoric acid groups is 2. The number of ether oxygens (including phenoxy) is 4. The van der Waals surface area contributed by atoms with E-state index in [2.05, 4.69) is 34.6 Å². The second-order valence-electron chi connectivity index (χ2n) is 27.6. The van der Waals surface area contributed by atoms with Gasteiger partial charge in [0.15, 0.2) is 12.2 Å². The van der Waals surface area contributed by atoms with E-state index in [0.717, 1.165) is 109 Å². The molecular formula is C76H148O17P2. The largest absolute Gasteiger partial charge is 0.472 e. The molecule has 0 saturated heterocycles. The monoisotopic (exact) mass is 1400 g/mol. The summed E-state index contributed by atoms with van der Waals surface area (Å²) in [5.41, 5.74) is 0. The first-order valence-electron chi connectivity index (χ1n) is 39.7. The molecule has 0 saturated carbocycles. The van der Waals surface area contributed by atoms with Gasteiger partial charge in [0.1, 0.15) is 19.3 Å². The smallest absolute Gasteiger partial charge is 0.462 e. The van der Waals surface area contributed by atoms with Gasteiger partial charge in [0.2, 0.25) is 0 Å². The van der Waals surface area contributed by atoms with E-state index in [1.807, 2.05) is 0 Å².